The number of nitrogens with one attached hydrogen (secondary N) is 2. The lowest BCUT2D eigenvalue weighted by Gasteiger charge is -2.07. The van der Waals surface area contributed by atoms with E-state index in [2.05, 4.69) is 10.6 Å². The average molecular weight is 366 g/mol. The second-order valence-corrected chi connectivity index (χ2v) is 7.04. The summed E-state index contributed by atoms with van der Waals surface area (Å²) >= 11 is 0. The van der Waals surface area contributed by atoms with Crippen molar-refractivity contribution in [2.24, 2.45) is 11.8 Å². The van der Waals surface area contributed by atoms with Gasteiger partial charge in [-0.2, -0.15) is 0 Å². The molecule has 0 bridgehead atoms. The number of carbonyl (C=O) groups is 2. The topological polar surface area (TPSA) is 67.4 Å². The maximum atomic E-state index is 12.2. The standard InChI is InChI=1S/C22H26N2O3/c1-15-3-5-17(6-4-15)14-24-22(26)20-13-19(20)21(25)23-12-11-16-7-9-18(27-2)10-8-16/h3-10,19-20H,11-14H2,1-2H3,(H,23,25)(H,24,26). The summed E-state index contributed by atoms with van der Waals surface area (Å²) in [5.41, 5.74) is 3.40. The molecule has 3 rings (SSSR count). The highest BCUT2D eigenvalue weighted by molar-refractivity contribution is 5.92. The molecule has 0 radical (unpaired) electrons. The summed E-state index contributed by atoms with van der Waals surface area (Å²) < 4.78 is 5.13. The zero-order valence-electron chi connectivity index (χ0n) is 15.8. The highest BCUT2D eigenvalue weighted by Crippen LogP contribution is 2.38. The first-order valence-corrected chi connectivity index (χ1v) is 9.30. The molecule has 2 unspecified atom stereocenters. The van der Waals surface area contributed by atoms with Gasteiger partial charge in [0.15, 0.2) is 0 Å². The zero-order chi connectivity index (χ0) is 19.2. The third-order valence-corrected chi connectivity index (χ3v) is 4.92. The van der Waals surface area contributed by atoms with E-state index in [1.54, 1.807) is 7.11 Å². The summed E-state index contributed by atoms with van der Waals surface area (Å²) in [4.78, 5) is 24.4. The van der Waals surface area contributed by atoms with Gasteiger partial charge in [0.2, 0.25) is 11.8 Å². The highest BCUT2D eigenvalue weighted by Gasteiger charge is 2.47. The van der Waals surface area contributed by atoms with Crippen LogP contribution in [0.1, 0.15) is 23.1 Å². The van der Waals surface area contributed by atoms with E-state index in [1.807, 2.05) is 55.5 Å². The van der Waals surface area contributed by atoms with Gasteiger partial charge in [-0.3, -0.25) is 9.59 Å². The van der Waals surface area contributed by atoms with E-state index in [9.17, 15) is 9.59 Å². The lowest BCUT2D eigenvalue weighted by molar-refractivity contribution is -0.127. The van der Waals surface area contributed by atoms with Gasteiger partial charge in [0, 0.05) is 13.1 Å². The molecule has 27 heavy (non-hydrogen) atoms. The molecule has 0 aliphatic heterocycles. The van der Waals surface area contributed by atoms with Crippen molar-refractivity contribution in [1.82, 2.24) is 10.6 Å². The van der Waals surface area contributed by atoms with Crippen molar-refractivity contribution in [2.45, 2.75) is 26.3 Å². The Morgan fingerprint density at radius 2 is 1.52 bits per heavy atom. The van der Waals surface area contributed by atoms with Crippen molar-refractivity contribution in [3.8, 4) is 5.75 Å². The van der Waals surface area contributed by atoms with Crippen LogP contribution < -0.4 is 15.4 Å². The van der Waals surface area contributed by atoms with Crippen molar-refractivity contribution < 1.29 is 14.3 Å². The Bertz CT molecular complexity index is 784. The third kappa shape index (κ3) is 5.33. The van der Waals surface area contributed by atoms with E-state index in [0.717, 1.165) is 23.3 Å². The monoisotopic (exact) mass is 366 g/mol. The number of methoxy groups -OCH3 is 1. The van der Waals surface area contributed by atoms with Gasteiger partial charge in [-0.1, -0.05) is 42.0 Å². The maximum absolute atomic E-state index is 12.2. The first kappa shape index (κ1) is 19.0. The fraction of sp³-hybridized carbons (Fsp3) is 0.364. The molecular formula is C22H26N2O3. The zero-order valence-corrected chi connectivity index (χ0v) is 15.8. The minimum absolute atomic E-state index is 0.0287. The Morgan fingerprint density at radius 3 is 2.15 bits per heavy atom. The van der Waals surface area contributed by atoms with Crippen LogP contribution >= 0.6 is 0 Å². The number of hydrogen-bond donors (Lipinski definition) is 2. The summed E-state index contributed by atoms with van der Waals surface area (Å²) in [6.07, 6.45) is 1.39. The van der Waals surface area contributed by atoms with Gasteiger partial charge < -0.3 is 15.4 Å². The molecule has 0 aromatic heterocycles. The Labute approximate surface area is 160 Å². The summed E-state index contributed by atoms with van der Waals surface area (Å²) in [5.74, 6) is 0.362. The van der Waals surface area contributed by atoms with Gasteiger partial charge in [-0.05, 0) is 43.0 Å². The van der Waals surface area contributed by atoms with E-state index in [4.69, 9.17) is 4.74 Å². The third-order valence-electron chi connectivity index (χ3n) is 4.92. The van der Waals surface area contributed by atoms with Crippen molar-refractivity contribution in [2.75, 3.05) is 13.7 Å². The molecule has 1 aliphatic rings. The number of rotatable bonds is 8. The van der Waals surface area contributed by atoms with Gasteiger partial charge in [0.05, 0.1) is 18.9 Å². The van der Waals surface area contributed by atoms with Crippen molar-refractivity contribution in [3.63, 3.8) is 0 Å². The highest BCUT2D eigenvalue weighted by atomic mass is 16.5. The molecule has 2 aromatic carbocycles. The molecule has 1 saturated carbocycles. The first-order chi connectivity index (χ1) is 13.1. The van der Waals surface area contributed by atoms with Crippen LogP contribution in [0.2, 0.25) is 0 Å². The van der Waals surface area contributed by atoms with E-state index in [1.165, 1.54) is 5.56 Å². The predicted molar refractivity (Wildman–Crippen MR) is 104 cm³/mol. The van der Waals surface area contributed by atoms with Gasteiger partial charge in [-0.15, -0.1) is 0 Å². The van der Waals surface area contributed by atoms with E-state index >= 15 is 0 Å². The average Bonchev–Trinajstić information content (AvgIpc) is 3.49. The summed E-state index contributed by atoms with van der Waals surface area (Å²) in [5, 5.41) is 5.86. The molecule has 2 atom stereocenters. The quantitative estimate of drug-likeness (QED) is 0.755. The number of carbonyl (C=O) groups excluding carboxylic acids is 2. The Hall–Kier alpha value is -2.82. The second kappa shape index (κ2) is 8.71. The summed E-state index contributed by atoms with van der Waals surface area (Å²) in [6.45, 7) is 3.10. The van der Waals surface area contributed by atoms with Crippen molar-refractivity contribution >= 4 is 11.8 Å². The molecule has 0 heterocycles. The van der Waals surface area contributed by atoms with Crippen LogP contribution in [0.5, 0.6) is 5.75 Å². The van der Waals surface area contributed by atoms with Crippen LogP contribution in [0.15, 0.2) is 48.5 Å². The lowest BCUT2D eigenvalue weighted by Crippen LogP contribution is -2.31. The lowest BCUT2D eigenvalue weighted by atomic mass is 10.1. The van der Waals surface area contributed by atoms with Gasteiger partial charge in [0.1, 0.15) is 5.75 Å². The molecular weight excluding hydrogens is 340 g/mol. The Balaban J connectivity index is 1.36. The van der Waals surface area contributed by atoms with Crippen molar-refractivity contribution in [3.05, 3.63) is 65.2 Å². The van der Waals surface area contributed by atoms with Crippen molar-refractivity contribution in [1.29, 1.82) is 0 Å². The van der Waals surface area contributed by atoms with Crippen LogP contribution in [0.3, 0.4) is 0 Å². The number of ether oxygens (including phenoxy) is 1. The smallest absolute Gasteiger partial charge is 0.224 e. The first-order valence-electron chi connectivity index (χ1n) is 9.30. The number of hydrogen-bond acceptors (Lipinski definition) is 3. The molecule has 2 amide bonds. The minimum Gasteiger partial charge on any atom is -0.497 e. The van der Waals surface area contributed by atoms with Crippen LogP contribution in [0.25, 0.3) is 0 Å². The predicted octanol–water partition coefficient (Wildman–Crippen LogP) is 2.61. The van der Waals surface area contributed by atoms with Crippen LogP contribution in [0, 0.1) is 18.8 Å². The van der Waals surface area contributed by atoms with E-state index in [0.29, 0.717) is 19.5 Å². The van der Waals surface area contributed by atoms with Crippen LogP contribution in [-0.2, 0) is 22.6 Å². The molecule has 1 fully saturated rings. The second-order valence-electron chi connectivity index (χ2n) is 7.04. The number of amides is 2. The fourth-order valence-electron chi connectivity index (χ4n) is 3.05. The Morgan fingerprint density at radius 1 is 0.926 bits per heavy atom. The summed E-state index contributed by atoms with van der Waals surface area (Å²) in [6, 6.07) is 15.9. The van der Waals surface area contributed by atoms with Gasteiger partial charge >= 0.3 is 0 Å². The number of aryl methyl sites for hydroxylation is 1. The Kier molecular flexibility index (Phi) is 6.12. The summed E-state index contributed by atoms with van der Waals surface area (Å²) in [7, 11) is 1.64. The van der Waals surface area contributed by atoms with E-state index in [-0.39, 0.29) is 23.7 Å². The molecule has 142 valence electrons. The normalized spacial score (nSPS) is 17.9. The molecule has 5 heteroatoms. The number of benzene rings is 2. The molecule has 0 saturated heterocycles. The maximum Gasteiger partial charge on any atom is 0.224 e. The molecule has 0 spiro atoms. The molecule has 5 nitrogen and oxygen atoms in total. The van der Waals surface area contributed by atoms with Gasteiger partial charge in [0.25, 0.3) is 0 Å². The largest absolute Gasteiger partial charge is 0.497 e. The van der Waals surface area contributed by atoms with Gasteiger partial charge in [-0.25, -0.2) is 0 Å². The minimum atomic E-state index is -0.198. The SMILES string of the molecule is COc1ccc(CCNC(=O)C2CC2C(=O)NCc2ccc(C)cc2)cc1. The molecule has 2 aromatic rings. The molecule has 1 aliphatic carbocycles. The van der Waals surface area contributed by atoms with Crippen LogP contribution in [-0.4, -0.2) is 25.5 Å². The van der Waals surface area contributed by atoms with Crippen LogP contribution in [0.4, 0.5) is 0 Å². The van der Waals surface area contributed by atoms with E-state index < -0.39 is 0 Å². The fourth-order valence-corrected chi connectivity index (χ4v) is 3.05. The molecule has 2 N–H and O–H groups in total.